The zero-order valence-corrected chi connectivity index (χ0v) is 54.0. The normalized spacial score (nSPS) is 14.5. The van der Waals surface area contributed by atoms with Crippen LogP contribution in [0, 0.1) is 0 Å². The summed E-state index contributed by atoms with van der Waals surface area (Å²) in [5, 5.41) is 10.7. The zero-order valence-electron chi connectivity index (χ0n) is 54.0. The van der Waals surface area contributed by atoms with Crippen LogP contribution in [-0.4, -0.2) is 128 Å². The first-order valence-electron chi connectivity index (χ1n) is 30.6. The summed E-state index contributed by atoms with van der Waals surface area (Å²) in [6.07, 6.45) is 12.2. The quantitative estimate of drug-likeness (QED) is 0.0194. The largest absolute Gasteiger partial charge is 0.460 e. The van der Waals surface area contributed by atoms with Crippen LogP contribution in [0.25, 0.3) is 0 Å². The lowest BCUT2D eigenvalue weighted by molar-refractivity contribution is -0.197. The lowest BCUT2D eigenvalue weighted by atomic mass is 10.0. The lowest BCUT2D eigenvalue weighted by Crippen LogP contribution is -2.48. The molecule has 1 aliphatic rings. The van der Waals surface area contributed by atoms with E-state index in [1.165, 1.54) is 32.1 Å². The first-order valence-corrected chi connectivity index (χ1v) is 30.6. The highest BCUT2D eigenvalue weighted by Gasteiger charge is 2.36. The van der Waals surface area contributed by atoms with Crippen molar-refractivity contribution in [3.63, 3.8) is 0 Å². The number of nitrogens with one attached hydrogen (secondary N) is 4. The van der Waals surface area contributed by atoms with Gasteiger partial charge in [-0.05, 0) is 142 Å². The summed E-state index contributed by atoms with van der Waals surface area (Å²) in [5.41, 5.74) is -4.39. The molecule has 0 saturated carbocycles. The SMILES string of the molecule is CC(C)(C)OC(=O)CCCCCCCCCCCCCCCCC(=O)N[C@@H](CCC(=O)N[C@@H](CCC(=O)N[C@@H](CCC(=O)N[C@@H](CCC(=O)ON1C(=O)CCC1=O)C(=O)OC(C)(C)C)C(=O)OC(C)(C)C)C(=O)OC(C)(C)C)C(=O)OC(C)(C)C. The summed E-state index contributed by atoms with van der Waals surface area (Å²) in [6.45, 7) is 25.1. The van der Waals surface area contributed by atoms with Gasteiger partial charge in [0.2, 0.25) is 23.6 Å². The van der Waals surface area contributed by atoms with Gasteiger partial charge in [0, 0.05) is 44.9 Å². The fourth-order valence-electron chi connectivity index (χ4n) is 8.52. The highest BCUT2D eigenvalue weighted by Crippen LogP contribution is 2.20. The Morgan fingerprint density at radius 3 is 0.835 bits per heavy atom. The summed E-state index contributed by atoms with van der Waals surface area (Å²) in [7, 11) is 0. The van der Waals surface area contributed by atoms with Gasteiger partial charge in [0.25, 0.3) is 11.8 Å². The molecule has 1 rings (SSSR count). The minimum atomic E-state index is -1.43. The first kappa shape index (κ1) is 76.9. The van der Waals surface area contributed by atoms with Crippen molar-refractivity contribution in [2.24, 2.45) is 0 Å². The van der Waals surface area contributed by atoms with E-state index in [9.17, 15) is 57.5 Å². The Morgan fingerprint density at radius 2 is 0.565 bits per heavy atom. The number of rotatable bonds is 38. The Labute approximate surface area is 505 Å². The summed E-state index contributed by atoms with van der Waals surface area (Å²) < 4.78 is 27.5. The standard InChI is InChI=1S/C62H105N5O18/c1-58(2,3)80-52(74)31-29-27-25-23-21-19-17-16-18-20-22-24-26-28-30-46(68)63-42(54(76)81-59(4,5)6)32-36-47(69)64-43(55(77)82-60(7,8)9)33-37-48(70)65-44(56(78)83-61(10,11)12)34-38-49(71)66-45(57(79)84-62(13,14)15)35-41-53(75)85-67-50(72)39-40-51(67)73/h42-45H,16-41H2,1-15H3,(H,63,68)(H,64,69)(H,65,70)(H,66,71)/t42-,43-,44-,45-/m0/s1. The Kier molecular flexibility index (Phi) is 33.8. The van der Waals surface area contributed by atoms with Crippen molar-refractivity contribution in [1.29, 1.82) is 0 Å². The molecule has 23 heteroatoms. The third-order valence-corrected chi connectivity index (χ3v) is 12.4. The van der Waals surface area contributed by atoms with Gasteiger partial charge in [-0.25, -0.2) is 24.0 Å². The summed E-state index contributed by atoms with van der Waals surface area (Å²) in [6, 6.07) is -5.42. The zero-order chi connectivity index (χ0) is 64.8. The maximum absolute atomic E-state index is 13.6. The topological polar surface area (TPSA) is 312 Å². The van der Waals surface area contributed by atoms with E-state index in [2.05, 4.69) is 21.3 Å². The number of imide groups is 1. The molecule has 4 atom stereocenters. The van der Waals surface area contributed by atoms with Crippen LogP contribution in [-0.2, 0) is 86.1 Å². The van der Waals surface area contributed by atoms with Crippen molar-refractivity contribution < 1.29 is 86.1 Å². The Bertz CT molecular complexity index is 2200. The van der Waals surface area contributed by atoms with Gasteiger partial charge in [-0.15, -0.1) is 5.06 Å². The van der Waals surface area contributed by atoms with Gasteiger partial charge in [0.1, 0.15) is 52.2 Å². The Balaban J connectivity index is 2.89. The maximum Gasteiger partial charge on any atom is 0.333 e. The third kappa shape index (κ3) is 39.2. The number of nitrogens with zero attached hydrogens (tertiary/aromatic N) is 1. The van der Waals surface area contributed by atoms with Crippen molar-refractivity contribution in [3.8, 4) is 0 Å². The van der Waals surface area contributed by atoms with Crippen LogP contribution >= 0.6 is 0 Å². The monoisotopic (exact) mass is 1210 g/mol. The van der Waals surface area contributed by atoms with E-state index in [4.69, 9.17) is 28.5 Å². The molecule has 0 aromatic heterocycles. The maximum atomic E-state index is 13.6. The van der Waals surface area contributed by atoms with Crippen LogP contribution < -0.4 is 21.3 Å². The van der Waals surface area contributed by atoms with E-state index in [1.54, 1.807) is 83.1 Å². The number of unbranched alkanes of at least 4 members (excludes halogenated alkanes) is 13. The third-order valence-electron chi connectivity index (χ3n) is 12.4. The van der Waals surface area contributed by atoms with Crippen molar-refractivity contribution >= 4 is 71.3 Å². The van der Waals surface area contributed by atoms with Crippen LogP contribution in [0.1, 0.15) is 271 Å². The molecule has 0 aromatic carbocycles. The molecule has 4 N–H and O–H groups in total. The highest BCUT2D eigenvalue weighted by atomic mass is 16.7. The molecular formula is C62H105N5O18. The molecule has 1 saturated heterocycles. The van der Waals surface area contributed by atoms with Gasteiger partial charge >= 0.3 is 35.8 Å². The molecule has 0 spiro atoms. The second-order valence-electron chi connectivity index (χ2n) is 26.9. The Hall–Kier alpha value is -6.16. The van der Waals surface area contributed by atoms with Gasteiger partial charge in [0.05, 0.1) is 6.42 Å². The lowest BCUT2D eigenvalue weighted by Gasteiger charge is -2.26. The van der Waals surface area contributed by atoms with E-state index >= 15 is 0 Å². The van der Waals surface area contributed by atoms with Gasteiger partial charge in [0.15, 0.2) is 0 Å². The molecule has 85 heavy (non-hydrogen) atoms. The van der Waals surface area contributed by atoms with Gasteiger partial charge < -0.3 is 49.8 Å². The van der Waals surface area contributed by atoms with Crippen LogP contribution in [0.15, 0.2) is 0 Å². The fourth-order valence-corrected chi connectivity index (χ4v) is 8.52. The number of hydrogen-bond acceptors (Lipinski definition) is 18. The van der Waals surface area contributed by atoms with Crippen LogP contribution in [0.5, 0.6) is 0 Å². The van der Waals surface area contributed by atoms with Gasteiger partial charge in [-0.1, -0.05) is 77.0 Å². The molecule has 486 valence electrons. The Morgan fingerprint density at radius 1 is 0.329 bits per heavy atom. The smallest absolute Gasteiger partial charge is 0.333 e. The molecule has 0 aliphatic carbocycles. The second kappa shape index (κ2) is 37.4. The van der Waals surface area contributed by atoms with Crippen molar-refractivity contribution in [3.05, 3.63) is 0 Å². The molecule has 0 bridgehead atoms. The molecule has 0 unspecified atom stereocenters. The van der Waals surface area contributed by atoms with E-state index in [1.807, 2.05) is 20.8 Å². The van der Waals surface area contributed by atoms with Crippen LogP contribution in [0.4, 0.5) is 0 Å². The van der Waals surface area contributed by atoms with E-state index in [-0.39, 0.29) is 63.2 Å². The number of ether oxygens (including phenoxy) is 5. The fraction of sp³-hybridized carbons (Fsp3) is 0.806. The number of amides is 6. The van der Waals surface area contributed by atoms with Crippen molar-refractivity contribution in [2.45, 2.75) is 323 Å². The molecule has 23 nitrogen and oxygen atoms in total. The number of carbonyl (C=O) groups is 12. The molecule has 0 radical (unpaired) electrons. The average molecular weight is 1210 g/mol. The van der Waals surface area contributed by atoms with Crippen molar-refractivity contribution in [1.82, 2.24) is 26.3 Å². The minimum absolute atomic E-state index is 0.128. The predicted octanol–water partition coefficient (Wildman–Crippen LogP) is 8.60. The molecule has 0 aromatic rings. The second-order valence-corrected chi connectivity index (χ2v) is 26.9. The van der Waals surface area contributed by atoms with Gasteiger partial charge in [-0.2, -0.15) is 0 Å². The highest BCUT2D eigenvalue weighted by molar-refractivity contribution is 6.01. The molecule has 1 heterocycles. The van der Waals surface area contributed by atoms with Crippen LogP contribution in [0.3, 0.4) is 0 Å². The molecular weight excluding hydrogens is 1100 g/mol. The predicted molar refractivity (Wildman–Crippen MR) is 315 cm³/mol. The first-order chi connectivity index (χ1) is 39.2. The number of hydroxylamine groups is 2. The summed E-state index contributed by atoms with van der Waals surface area (Å²) in [5.74, 6) is -8.60. The van der Waals surface area contributed by atoms with Crippen molar-refractivity contribution in [2.75, 3.05) is 0 Å². The minimum Gasteiger partial charge on any atom is -0.460 e. The van der Waals surface area contributed by atoms with E-state index < -0.39 is 131 Å². The average Bonchev–Trinajstić information content (AvgIpc) is 3.89. The summed E-state index contributed by atoms with van der Waals surface area (Å²) >= 11 is 0. The molecule has 6 amide bonds. The molecule has 1 fully saturated rings. The molecule has 1 aliphatic heterocycles. The van der Waals surface area contributed by atoms with Gasteiger partial charge in [-0.3, -0.25) is 33.6 Å². The van der Waals surface area contributed by atoms with Crippen LogP contribution in [0.2, 0.25) is 0 Å². The number of hydrogen-bond donors (Lipinski definition) is 4. The van der Waals surface area contributed by atoms with E-state index in [0.29, 0.717) is 17.9 Å². The summed E-state index contributed by atoms with van der Waals surface area (Å²) in [4.78, 5) is 161. The van der Waals surface area contributed by atoms with E-state index in [0.717, 1.165) is 51.4 Å². The number of esters is 5. The number of carbonyl (C=O) groups excluding carboxylic acids is 12.